The highest BCUT2D eigenvalue weighted by Crippen LogP contribution is 2.50. The number of carbonyl (C=O) groups excluding carboxylic acids is 1. The van der Waals surface area contributed by atoms with Crippen LogP contribution in [0, 0.1) is 0 Å². The first-order valence-electron chi connectivity index (χ1n) is 14.0. The molecule has 6 rings (SSSR count). The van der Waals surface area contributed by atoms with Crippen molar-refractivity contribution in [3.63, 3.8) is 0 Å². The highest BCUT2D eigenvalue weighted by Gasteiger charge is 2.35. The standard InChI is InChI=1S/C39H31O2P/c1-41-37-29-27-31-18-14-15-25-35(31)38(37)39(36(40)28-26-30-16-6-2-7-17-30)42(32-19-8-3-9-20-32,33-21-10-4-11-22-33)34-23-12-5-13-24-34/h2-29H,1H3/b28-26+. The molecule has 0 amide bonds. The molecule has 0 fully saturated rings. The number of fused-ring (bicyclic) bond motifs is 1. The van der Waals surface area contributed by atoms with Crippen LogP contribution in [0.4, 0.5) is 0 Å². The Morgan fingerprint density at radius 2 is 1.05 bits per heavy atom. The predicted octanol–water partition coefficient (Wildman–Crippen LogP) is 7.65. The van der Waals surface area contributed by atoms with Gasteiger partial charge in [-0.15, -0.1) is 0 Å². The highest BCUT2D eigenvalue weighted by atomic mass is 31.2. The lowest BCUT2D eigenvalue weighted by Gasteiger charge is -2.33. The van der Waals surface area contributed by atoms with E-state index in [0.29, 0.717) is 5.75 Å². The monoisotopic (exact) mass is 562 g/mol. The second-order valence-electron chi connectivity index (χ2n) is 10.00. The summed E-state index contributed by atoms with van der Waals surface area (Å²) in [4.78, 5) is 15.0. The molecule has 0 aliphatic rings. The minimum absolute atomic E-state index is 0.0431. The summed E-state index contributed by atoms with van der Waals surface area (Å²) in [6.45, 7) is -2.77. The summed E-state index contributed by atoms with van der Waals surface area (Å²) < 4.78 is 6.07. The Morgan fingerprint density at radius 3 is 1.57 bits per heavy atom. The maximum atomic E-state index is 15.0. The van der Waals surface area contributed by atoms with Crippen molar-refractivity contribution in [1.82, 2.24) is 0 Å². The SMILES string of the molecule is COc1ccc2ccccc2c1C(C(=O)/C=C/c1ccccc1)=P(c1ccccc1)(c1ccccc1)c1ccccc1. The normalized spacial score (nSPS) is 11.5. The van der Waals surface area contributed by atoms with Crippen LogP contribution in [0.3, 0.4) is 0 Å². The molecule has 0 aliphatic heterocycles. The number of benzene rings is 6. The van der Waals surface area contributed by atoms with Crippen LogP contribution in [0.2, 0.25) is 0 Å². The van der Waals surface area contributed by atoms with E-state index in [1.807, 2.05) is 72.8 Å². The molecule has 6 aromatic rings. The predicted molar refractivity (Wildman–Crippen MR) is 180 cm³/mol. The molecule has 0 saturated heterocycles. The number of hydrogen-bond donors (Lipinski definition) is 0. The summed E-state index contributed by atoms with van der Waals surface area (Å²) in [6, 6.07) is 53.8. The number of ether oxygens (including phenoxy) is 1. The number of rotatable bonds is 8. The van der Waals surface area contributed by atoms with Gasteiger partial charge in [0.05, 0.1) is 7.11 Å². The average molecular weight is 563 g/mol. The topological polar surface area (TPSA) is 26.3 Å². The van der Waals surface area contributed by atoms with Crippen molar-refractivity contribution in [3.8, 4) is 5.75 Å². The van der Waals surface area contributed by atoms with E-state index in [4.69, 9.17) is 4.74 Å². The van der Waals surface area contributed by atoms with Crippen molar-refractivity contribution < 1.29 is 9.53 Å². The van der Waals surface area contributed by atoms with E-state index in [1.165, 1.54) is 0 Å². The molecule has 0 unspecified atom stereocenters. The van der Waals surface area contributed by atoms with Gasteiger partial charge in [0.15, 0.2) is 5.78 Å². The summed E-state index contributed by atoms with van der Waals surface area (Å²) in [7, 11) is 1.68. The largest absolute Gasteiger partial charge is 0.496 e. The van der Waals surface area contributed by atoms with E-state index in [9.17, 15) is 0 Å². The molecule has 0 N–H and O–H groups in total. The third kappa shape index (κ3) is 5.02. The maximum absolute atomic E-state index is 15.0. The van der Waals surface area contributed by atoms with Crippen LogP contribution in [0.5, 0.6) is 5.75 Å². The van der Waals surface area contributed by atoms with Crippen molar-refractivity contribution in [2.45, 2.75) is 0 Å². The van der Waals surface area contributed by atoms with Gasteiger partial charge in [-0.3, -0.25) is 4.79 Å². The molecule has 0 radical (unpaired) electrons. The molecule has 2 nitrogen and oxygen atoms in total. The van der Waals surface area contributed by atoms with Crippen molar-refractivity contribution in [1.29, 1.82) is 0 Å². The van der Waals surface area contributed by atoms with Gasteiger partial charge in [0.25, 0.3) is 0 Å². The molecule has 0 atom stereocenters. The Bertz CT molecular complexity index is 1810. The molecule has 0 bridgehead atoms. The lowest BCUT2D eigenvalue weighted by molar-refractivity contribution is -0.108. The zero-order chi connectivity index (χ0) is 28.8. The summed E-state index contributed by atoms with van der Waals surface area (Å²) in [5.41, 5.74) is 1.81. The van der Waals surface area contributed by atoms with Crippen molar-refractivity contribution in [3.05, 3.63) is 175 Å². The second-order valence-corrected chi connectivity index (χ2v) is 13.3. The zero-order valence-electron chi connectivity index (χ0n) is 23.4. The summed E-state index contributed by atoms with van der Waals surface area (Å²) in [5, 5.41) is 6.10. The molecular weight excluding hydrogens is 531 g/mol. The first-order chi connectivity index (χ1) is 20.7. The van der Waals surface area contributed by atoms with Crippen molar-refractivity contribution in [2.75, 3.05) is 7.11 Å². The summed E-state index contributed by atoms with van der Waals surface area (Å²) >= 11 is 0. The Hall–Kier alpha value is -4.91. The quantitative estimate of drug-likeness (QED) is 0.141. The second kappa shape index (κ2) is 12.3. The third-order valence-electron chi connectivity index (χ3n) is 7.57. The molecule has 42 heavy (non-hydrogen) atoms. The fourth-order valence-corrected chi connectivity index (χ4v) is 10.2. The van der Waals surface area contributed by atoms with Crippen LogP contribution in [-0.4, -0.2) is 18.2 Å². The van der Waals surface area contributed by atoms with Crippen LogP contribution in [0.25, 0.3) is 16.8 Å². The van der Waals surface area contributed by atoms with Gasteiger partial charge >= 0.3 is 0 Å². The van der Waals surface area contributed by atoms with Crippen LogP contribution in [0.15, 0.2) is 164 Å². The first kappa shape index (κ1) is 27.3. The molecule has 0 spiro atoms. The lowest BCUT2D eigenvalue weighted by atomic mass is 9.98. The van der Waals surface area contributed by atoms with Crippen molar-refractivity contribution >= 4 is 50.7 Å². The van der Waals surface area contributed by atoms with E-state index in [0.717, 1.165) is 43.1 Å². The maximum Gasteiger partial charge on any atom is 0.187 e. The Labute approximate surface area is 247 Å². The molecule has 6 aromatic carbocycles. The van der Waals surface area contributed by atoms with Gasteiger partial charge in [0.1, 0.15) is 5.75 Å². The van der Waals surface area contributed by atoms with Gasteiger partial charge in [0, 0.05) is 10.9 Å². The molecule has 0 saturated carbocycles. The Morgan fingerprint density at radius 1 is 0.571 bits per heavy atom. The van der Waals surface area contributed by atoms with E-state index in [-0.39, 0.29) is 5.78 Å². The smallest absolute Gasteiger partial charge is 0.187 e. The third-order valence-corrected chi connectivity index (χ3v) is 11.9. The minimum atomic E-state index is -2.77. The van der Waals surface area contributed by atoms with Crippen LogP contribution in [0.1, 0.15) is 11.1 Å². The van der Waals surface area contributed by atoms with E-state index < -0.39 is 6.89 Å². The zero-order valence-corrected chi connectivity index (χ0v) is 24.3. The number of methoxy groups -OCH3 is 1. The van der Waals surface area contributed by atoms with Crippen molar-refractivity contribution in [2.24, 2.45) is 0 Å². The van der Waals surface area contributed by atoms with E-state index in [1.54, 1.807) is 13.2 Å². The summed E-state index contributed by atoms with van der Waals surface area (Å²) in [6.07, 6.45) is 3.64. The highest BCUT2D eigenvalue weighted by molar-refractivity contribution is 7.97. The molecule has 0 aliphatic carbocycles. The van der Waals surface area contributed by atoms with Gasteiger partial charge in [-0.2, -0.15) is 0 Å². The minimum Gasteiger partial charge on any atom is -0.496 e. The van der Waals surface area contributed by atoms with Gasteiger partial charge in [0.2, 0.25) is 0 Å². The van der Waals surface area contributed by atoms with Gasteiger partial charge in [-0.05, 0) is 51.3 Å². The molecule has 0 heterocycles. The fraction of sp³-hybridized carbons (Fsp3) is 0.0256. The Kier molecular flexibility index (Phi) is 7.99. The first-order valence-corrected chi connectivity index (χ1v) is 15.8. The molecular formula is C39H31O2P. The lowest BCUT2D eigenvalue weighted by Crippen LogP contribution is -2.34. The number of ketones is 1. The number of hydrogen-bond acceptors (Lipinski definition) is 2. The fourth-order valence-electron chi connectivity index (χ4n) is 5.73. The van der Waals surface area contributed by atoms with Crippen LogP contribution in [-0.2, 0) is 4.79 Å². The van der Waals surface area contributed by atoms with E-state index in [2.05, 4.69) is 91.0 Å². The van der Waals surface area contributed by atoms with Gasteiger partial charge in [-0.1, -0.05) is 158 Å². The van der Waals surface area contributed by atoms with Crippen LogP contribution < -0.4 is 20.7 Å². The summed E-state index contributed by atoms with van der Waals surface area (Å²) in [5.74, 6) is 0.635. The van der Waals surface area contributed by atoms with Gasteiger partial charge < -0.3 is 4.74 Å². The Balaban J connectivity index is 1.88. The average Bonchev–Trinajstić information content (AvgIpc) is 3.07. The molecule has 3 heteroatoms. The van der Waals surface area contributed by atoms with E-state index >= 15 is 4.79 Å². The van der Waals surface area contributed by atoms with Gasteiger partial charge in [-0.25, -0.2) is 0 Å². The number of carbonyl (C=O) groups is 1. The molecule has 204 valence electrons. The molecule has 0 aromatic heterocycles. The number of allylic oxidation sites excluding steroid dienone is 1. The van der Waals surface area contributed by atoms with Crippen LogP contribution >= 0.6 is 6.89 Å².